The molecule has 1 heterocycles. The van der Waals surface area contributed by atoms with Gasteiger partial charge in [-0.2, -0.15) is 0 Å². The van der Waals surface area contributed by atoms with E-state index in [1.807, 2.05) is 13.0 Å². The lowest BCUT2D eigenvalue weighted by Gasteiger charge is -2.29. The summed E-state index contributed by atoms with van der Waals surface area (Å²) in [5.74, 6) is 0.0662. The van der Waals surface area contributed by atoms with Gasteiger partial charge in [-0.1, -0.05) is 6.07 Å². The summed E-state index contributed by atoms with van der Waals surface area (Å²) in [6.07, 6.45) is 2.91. The van der Waals surface area contributed by atoms with Crippen LogP contribution in [0.5, 0.6) is 0 Å². The molecular formula is C14H21N3O2. The summed E-state index contributed by atoms with van der Waals surface area (Å²) in [5, 5.41) is 3.36. The van der Waals surface area contributed by atoms with Crippen LogP contribution < -0.4 is 10.9 Å². The molecule has 1 aromatic rings. The lowest BCUT2D eigenvalue weighted by molar-refractivity contribution is -0.130. The minimum Gasteiger partial charge on any atom is -0.347 e. The molecule has 5 nitrogen and oxygen atoms in total. The van der Waals surface area contributed by atoms with Gasteiger partial charge in [0, 0.05) is 31.9 Å². The third-order valence-corrected chi connectivity index (χ3v) is 3.59. The number of amides is 1. The number of nitrogens with zero attached hydrogens (tertiary/aromatic N) is 1. The molecule has 104 valence electrons. The number of carbonyl (C=O) groups is 1. The van der Waals surface area contributed by atoms with Gasteiger partial charge in [-0.3, -0.25) is 14.9 Å². The monoisotopic (exact) mass is 263 g/mol. The molecule has 2 unspecified atom stereocenters. The molecular weight excluding hydrogens is 242 g/mol. The Balaban J connectivity index is 2.16. The molecule has 1 amide bonds. The zero-order valence-corrected chi connectivity index (χ0v) is 11.7. The average molecular weight is 263 g/mol. The summed E-state index contributed by atoms with van der Waals surface area (Å²) in [6.45, 7) is 1.88. The quantitative estimate of drug-likeness (QED) is 0.848. The average Bonchev–Trinajstić information content (AvgIpc) is 2.37. The first-order valence-corrected chi connectivity index (χ1v) is 6.68. The third-order valence-electron chi connectivity index (χ3n) is 3.59. The van der Waals surface area contributed by atoms with Crippen molar-refractivity contribution >= 4 is 5.91 Å². The molecule has 0 fully saturated rings. The number of aryl methyl sites for hydroxylation is 1. The number of aromatic nitrogens is 1. The number of likely N-dealkylation sites (N-methyl/N-ethyl adjacent to an activating group) is 1. The Hall–Kier alpha value is -1.62. The summed E-state index contributed by atoms with van der Waals surface area (Å²) < 4.78 is 0. The SMILES string of the molecule is CC(NC1CCCc2[nH]c(=O)ccc21)C(=O)N(C)C. The van der Waals surface area contributed by atoms with Crippen molar-refractivity contribution < 1.29 is 4.79 Å². The first-order chi connectivity index (χ1) is 8.99. The number of H-pyrrole nitrogens is 1. The van der Waals surface area contributed by atoms with E-state index in [1.165, 1.54) is 0 Å². The van der Waals surface area contributed by atoms with E-state index < -0.39 is 0 Å². The van der Waals surface area contributed by atoms with E-state index in [1.54, 1.807) is 25.1 Å². The molecule has 0 saturated heterocycles. The van der Waals surface area contributed by atoms with E-state index in [2.05, 4.69) is 10.3 Å². The van der Waals surface area contributed by atoms with E-state index in [-0.39, 0.29) is 23.6 Å². The van der Waals surface area contributed by atoms with E-state index in [4.69, 9.17) is 0 Å². The molecule has 19 heavy (non-hydrogen) atoms. The Morgan fingerprint density at radius 2 is 2.21 bits per heavy atom. The maximum Gasteiger partial charge on any atom is 0.248 e. The van der Waals surface area contributed by atoms with Crippen molar-refractivity contribution in [3.63, 3.8) is 0 Å². The number of hydrogen-bond donors (Lipinski definition) is 2. The van der Waals surface area contributed by atoms with Gasteiger partial charge in [0.05, 0.1) is 6.04 Å². The van der Waals surface area contributed by atoms with Crippen LogP contribution in [0.15, 0.2) is 16.9 Å². The molecule has 0 saturated carbocycles. The smallest absolute Gasteiger partial charge is 0.248 e. The maximum atomic E-state index is 11.9. The minimum absolute atomic E-state index is 0.0585. The van der Waals surface area contributed by atoms with Gasteiger partial charge in [-0.25, -0.2) is 0 Å². The first kappa shape index (κ1) is 13.8. The van der Waals surface area contributed by atoms with Gasteiger partial charge in [-0.05, 0) is 31.7 Å². The number of nitrogens with one attached hydrogen (secondary N) is 2. The second kappa shape index (κ2) is 5.57. The number of hydrogen-bond acceptors (Lipinski definition) is 3. The summed E-state index contributed by atoms with van der Waals surface area (Å²) in [7, 11) is 3.51. The van der Waals surface area contributed by atoms with Crippen LogP contribution in [-0.2, 0) is 11.2 Å². The maximum absolute atomic E-state index is 11.9. The summed E-state index contributed by atoms with van der Waals surface area (Å²) in [5.41, 5.74) is 2.06. The van der Waals surface area contributed by atoms with Crippen molar-refractivity contribution in [1.82, 2.24) is 15.2 Å². The Bertz CT molecular complexity index is 522. The highest BCUT2D eigenvalue weighted by atomic mass is 16.2. The molecule has 1 aliphatic rings. The van der Waals surface area contributed by atoms with Gasteiger partial charge in [-0.15, -0.1) is 0 Å². The zero-order chi connectivity index (χ0) is 14.0. The molecule has 1 aromatic heterocycles. The van der Waals surface area contributed by atoms with Gasteiger partial charge in [0.2, 0.25) is 11.5 Å². The van der Waals surface area contributed by atoms with E-state index in [0.717, 1.165) is 30.5 Å². The Morgan fingerprint density at radius 1 is 1.47 bits per heavy atom. The molecule has 0 spiro atoms. The molecule has 0 radical (unpaired) electrons. The summed E-state index contributed by atoms with van der Waals surface area (Å²) in [6, 6.07) is 3.34. The van der Waals surface area contributed by atoms with Crippen LogP contribution in [0.3, 0.4) is 0 Å². The van der Waals surface area contributed by atoms with Crippen molar-refractivity contribution in [2.75, 3.05) is 14.1 Å². The van der Waals surface area contributed by atoms with Crippen molar-refractivity contribution in [3.05, 3.63) is 33.7 Å². The molecule has 5 heteroatoms. The third kappa shape index (κ3) is 3.04. The Morgan fingerprint density at radius 3 is 2.89 bits per heavy atom. The van der Waals surface area contributed by atoms with Crippen molar-refractivity contribution in [3.8, 4) is 0 Å². The molecule has 2 atom stereocenters. The second-order valence-electron chi connectivity index (χ2n) is 5.32. The molecule has 0 aromatic carbocycles. The first-order valence-electron chi connectivity index (χ1n) is 6.68. The van der Waals surface area contributed by atoms with E-state index in [9.17, 15) is 9.59 Å². The van der Waals surface area contributed by atoms with Crippen LogP contribution in [0.2, 0.25) is 0 Å². The minimum atomic E-state index is -0.224. The van der Waals surface area contributed by atoms with Crippen LogP contribution in [0, 0.1) is 0 Å². The van der Waals surface area contributed by atoms with E-state index in [0.29, 0.717) is 0 Å². The molecule has 0 aliphatic heterocycles. The molecule has 2 rings (SSSR count). The highest BCUT2D eigenvalue weighted by Gasteiger charge is 2.24. The van der Waals surface area contributed by atoms with Gasteiger partial charge < -0.3 is 9.88 Å². The van der Waals surface area contributed by atoms with Gasteiger partial charge in [0.25, 0.3) is 0 Å². The fraction of sp³-hybridized carbons (Fsp3) is 0.571. The van der Waals surface area contributed by atoms with Crippen LogP contribution in [0.1, 0.15) is 37.1 Å². The topological polar surface area (TPSA) is 65.2 Å². The van der Waals surface area contributed by atoms with Crippen molar-refractivity contribution in [1.29, 1.82) is 0 Å². The lowest BCUT2D eigenvalue weighted by Crippen LogP contribution is -2.44. The summed E-state index contributed by atoms with van der Waals surface area (Å²) >= 11 is 0. The normalized spacial score (nSPS) is 19.6. The zero-order valence-electron chi connectivity index (χ0n) is 11.7. The summed E-state index contributed by atoms with van der Waals surface area (Å²) in [4.78, 5) is 27.7. The van der Waals surface area contributed by atoms with E-state index >= 15 is 0 Å². The number of fused-ring (bicyclic) bond motifs is 1. The fourth-order valence-electron chi connectivity index (χ4n) is 2.63. The predicted octanol–water partition coefficient (Wildman–Crippen LogP) is 0.819. The van der Waals surface area contributed by atoms with Crippen LogP contribution in [-0.4, -0.2) is 35.9 Å². The van der Waals surface area contributed by atoms with Gasteiger partial charge in [0.1, 0.15) is 0 Å². The number of pyridine rings is 1. The van der Waals surface area contributed by atoms with Gasteiger partial charge >= 0.3 is 0 Å². The van der Waals surface area contributed by atoms with Crippen LogP contribution >= 0.6 is 0 Å². The molecule has 2 N–H and O–H groups in total. The standard InChI is InChI=1S/C14H21N3O2/c1-9(14(19)17(2)3)15-11-5-4-6-12-10(11)7-8-13(18)16-12/h7-9,11,15H,4-6H2,1-3H3,(H,16,18). The highest BCUT2D eigenvalue weighted by Crippen LogP contribution is 2.27. The highest BCUT2D eigenvalue weighted by molar-refractivity contribution is 5.80. The van der Waals surface area contributed by atoms with Crippen LogP contribution in [0.4, 0.5) is 0 Å². The van der Waals surface area contributed by atoms with Crippen molar-refractivity contribution in [2.24, 2.45) is 0 Å². The van der Waals surface area contributed by atoms with Crippen molar-refractivity contribution in [2.45, 2.75) is 38.3 Å². The number of aromatic amines is 1. The number of carbonyl (C=O) groups excluding carboxylic acids is 1. The number of rotatable bonds is 3. The van der Waals surface area contributed by atoms with Crippen LogP contribution in [0.25, 0.3) is 0 Å². The predicted molar refractivity (Wildman–Crippen MR) is 74.0 cm³/mol. The largest absolute Gasteiger partial charge is 0.347 e. The Kier molecular flexibility index (Phi) is 4.04. The lowest BCUT2D eigenvalue weighted by atomic mass is 9.91. The molecule has 0 bridgehead atoms. The second-order valence-corrected chi connectivity index (χ2v) is 5.32. The fourth-order valence-corrected chi connectivity index (χ4v) is 2.63. The molecule has 1 aliphatic carbocycles. The Labute approximate surface area is 113 Å². The van der Waals surface area contributed by atoms with Gasteiger partial charge in [0.15, 0.2) is 0 Å².